The van der Waals surface area contributed by atoms with Crippen LogP contribution in [0.2, 0.25) is 4.34 Å². The number of carbonyl (C=O) groups excluding carboxylic acids is 2. The molecule has 1 aromatic rings. The molecule has 0 atom stereocenters. The molecule has 1 heterocycles. The van der Waals surface area contributed by atoms with E-state index < -0.39 is 11.9 Å². The van der Waals surface area contributed by atoms with Crippen molar-refractivity contribution >= 4 is 34.9 Å². The van der Waals surface area contributed by atoms with Gasteiger partial charge in [-0.15, -0.1) is 11.3 Å². The quantitative estimate of drug-likeness (QED) is 0.750. The highest BCUT2D eigenvalue weighted by atomic mass is 35.5. The highest BCUT2D eigenvalue weighted by Gasteiger charge is 2.10. The summed E-state index contributed by atoms with van der Waals surface area (Å²) in [7, 11) is 1.43. The summed E-state index contributed by atoms with van der Waals surface area (Å²) in [6, 6.07) is 2.63. The van der Waals surface area contributed by atoms with E-state index in [2.05, 4.69) is 10.6 Å². The third kappa shape index (κ3) is 2.71. The second kappa shape index (κ2) is 4.25. The number of nitrogens with one attached hydrogen (secondary N) is 2. The van der Waals surface area contributed by atoms with Crippen LogP contribution in [0.15, 0.2) is 12.1 Å². The van der Waals surface area contributed by atoms with Crippen molar-refractivity contribution in [1.29, 1.82) is 0 Å². The molecule has 2 N–H and O–H groups in total. The first-order valence-corrected chi connectivity index (χ1v) is 4.61. The van der Waals surface area contributed by atoms with Crippen molar-refractivity contribution in [3.63, 3.8) is 0 Å². The van der Waals surface area contributed by atoms with Crippen LogP contribution >= 0.6 is 22.9 Å². The normalized spacial score (nSPS) is 9.38. The lowest BCUT2D eigenvalue weighted by molar-refractivity contribution is 0.0968. The van der Waals surface area contributed by atoms with Crippen molar-refractivity contribution in [1.82, 2.24) is 10.6 Å². The van der Waals surface area contributed by atoms with Crippen molar-refractivity contribution in [3.8, 4) is 0 Å². The van der Waals surface area contributed by atoms with Crippen LogP contribution in [-0.4, -0.2) is 19.0 Å². The first-order valence-electron chi connectivity index (χ1n) is 3.42. The van der Waals surface area contributed by atoms with Gasteiger partial charge in [-0.2, -0.15) is 0 Å². The molecular weight excluding hydrogens is 212 g/mol. The van der Waals surface area contributed by atoms with Crippen LogP contribution in [0.3, 0.4) is 0 Å². The Hall–Kier alpha value is -1.07. The average molecular weight is 219 g/mol. The van der Waals surface area contributed by atoms with E-state index in [9.17, 15) is 9.59 Å². The summed E-state index contributed by atoms with van der Waals surface area (Å²) in [4.78, 5) is 22.3. The van der Waals surface area contributed by atoms with Crippen molar-refractivity contribution in [2.75, 3.05) is 7.05 Å². The minimum atomic E-state index is -0.533. The number of carbonyl (C=O) groups is 2. The highest BCUT2D eigenvalue weighted by molar-refractivity contribution is 7.18. The molecule has 0 saturated heterocycles. The fourth-order valence-electron chi connectivity index (χ4n) is 0.664. The number of amides is 3. The standard InChI is InChI=1S/C7H7ClN2O2S/c1-9-7(12)10-6(11)4-2-3-5(8)13-4/h2-3H,1H3,(H2,9,10,11,12). The average Bonchev–Trinajstić information content (AvgIpc) is 2.51. The predicted octanol–water partition coefficient (Wildman–Crippen LogP) is 1.47. The zero-order valence-corrected chi connectivity index (χ0v) is 8.33. The van der Waals surface area contributed by atoms with Gasteiger partial charge in [0.1, 0.15) is 0 Å². The summed E-state index contributed by atoms with van der Waals surface area (Å²) in [5, 5.41) is 4.40. The Morgan fingerprint density at radius 1 is 1.46 bits per heavy atom. The van der Waals surface area contributed by atoms with E-state index in [0.29, 0.717) is 9.21 Å². The lowest BCUT2D eigenvalue weighted by Crippen LogP contribution is -2.36. The van der Waals surface area contributed by atoms with Crippen LogP contribution in [0.5, 0.6) is 0 Å². The van der Waals surface area contributed by atoms with E-state index in [-0.39, 0.29) is 0 Å². The molecule has 1 aromatic heterocycles. The molecule has 0 aliphatic heterocycles. The van der Waals surface area contributed by atoms with Gasteiger partial charge in [-0.25, -0.2) is 4.79 Å². The molecular formula is C7H7ClN2O2S. The number of hydrogen-bond acceptors (Lipinski definition) is 3. The van der Waals surface area contributed by atoms with E-state index in [1.165, 1.54) is 7.05 Å². The lowest BCUT2D eigenvalue weighted by Gasteiger charge is -1.99. The molecule has 1 rings (SSSR count). The van der Waals surface area contributed by atoms with Gasteiger partial charge in [0, 0.05) is 7.05 Å². The molecule has 0 aromatic carbocycles. The Morgan fingerprint density at radius 3 is 2.62 bits per heavy atom. The number of imide groups is 1. The molecule has 0 aliphatic rings. The Balaban J connectivity index is 2.64. The molecule has 3 amide bonds. The van der Waals surface area contributed by atoms with Gasteiger partial charge in [-0.3, -0.25) is 10.1 Å². The summed E-state index contributed by atoms with van der Waals surface area (Å²) in [5.41, 5.74) is 0. The Kier molecular flexibility index (Phi) is 3.27. The van der Waals surface area contributed by atoms with Gasteiger partial charge in [0.2, 0.25) is 0 Å². The molecule has 0 bridgehead atoms. The fraction of sp³-hybridized carbons (Fsp3) is 0.143. The van der Waals surface area contributed by atoms with Gasteiger partial charge < -0.3 is 5.32 Å². The van der Waals surface area contributed by atoms with Gasteiger partial charge in [-0.05, 0) is 12.1 Å². The topological polar surface area (TPSA) is 58.2 Å². The maximum absolute atomic E-state index is 11.2. The predicted molar refractivity (Wildman–Crippen MR) is 51.3 cm³/mol. The number of hydrogen-bond donors (Lipinski definition) is 2. The Bertz CT molecular complexity index is 337. The zero-order valence-electron chi connectivity index (χ0n) is 6.76. The summed E-state index contributed by atoms with van der Waals surface area (Å²) in [6.45, 7) is 0. The number of halogens is 1. The largest absolute Gasteiger partial charge is 0.341 e. The first kappa shape index (κ1) is 10.0. The zero-order chi connectivity index (χ0) is 9.84. The van der Waals surface area contributed by atoms with Crippen LogP contribution in [0, 0.1) is 0 Å². The second-order valence-corrected chi connectivity index (χ2v) is 3.85. The molecule has 0 aliphatic carbocycles. The van der Waals surface area contributed by atoms with E-state index in [1.807, 2.05) is 0 Å². The Labute approximate surface area is 83.9 Å². The third-order valence-electron chi connectivity index (χ3n) is 1.25. The van der Waals surface area contributed by atoms with Crippen LogP contribution in [0.4, 0.5) is 4.79 Å². The molecule has 0 saturated carbocycles. The molecule has 13 heavy (non-hydrogen) atoms. The molecule has 0 fully saturated rings. The molecule has 0 unspecified atom stereocenters. The molecule has 6 heteroatoms. The van der Waals surface area contributed by atoms with Crippen molar-refractivity contribution < 1.29 is 9.59 Å². The van der Waals surface area contributed by atoms with Gasteiger partial charge in [0.15, 0.2) is 0 Å². The van der Waals surface area contributed by atoms with Crippen molar-refractivity contribution in [3.05, 3.63) is 21.3 Å². The minimum absolute atomic E-state index is 0.411. The van der Waals surface area contributed by atoms with E-state index in [0.717, 1.165) is 11.3 Å². The molecule has 4 nitrogen and oxygen atoms in total. The van der Waals surface area contributed by atoms with E-state index in [1.54, 1.807) is 12.1 Å². The third-order valence-corrected chi connectivity index (χ3v) is 2.48. The van der Waals surface area contributed by atoms with Crippen LogP contribution in [0.25, 0.3) is 0 Å². The fourth-order valence-corrected chi connectivity index (χ4v) is 1.60. The molecule has 0 spiro atoms. The summed E-state index contributed by atoms with van der Waals surface area (Å²) >= 11 is 6.73. The van der Waals surface area contributed by atoms with E-state index >= 15 is 0 Å². The first-order chi connectivity index (χ1) is 6.13. The summed E-state index contributed by atoms with van der Waals surface area (Å²) in [5.74, 6) is -0.448. The van der Waals surface area contributed by atoms with Gasteiger partial charge in [-0.1, -0.05) is 11.6 Å². The summed E-state index contributed by atoms with van der Waals surface area (Å²) in [6.07, 6.45) is 0. The van der Waals surface area contributed by atoms with Crippen LogP contribution < -0.4 is 10.6 Å². The number of rotatable bonds is 1. The highest BCUT2D eigenvalue weighted by Crippen LogP contribution is 2.20. The molecule has 0 radical (unpaired) electrons. The minimum Gasteiger partial charge on any atom is -0.341 e. The Morgan fingerprint density at radius 2 is 2.15 bits per heavy atom. The van der Waals surface area contributed by atoms with Gasteiger partial charge in [0.05, 0.1) is 9.21 Å². The van der Waals surface area contributed by atoms with Gasteiger partial charge in [0.25, 0.3) is 5.91 Å². The van der Waals surface area contributed by atoms with E-state index in [4.69, 9.17) is 11.6 Å². The number of thiophene rings is 1. The smallest absolute Gasteiger partial charge is 0.321 e. The van der Waals surface area contributed by atoms with Crippen molar-refractivity contribution in [2.45, 2.75) is 0 Å². The maximum Gasteiger partial charge on any atom is 0.321 e. The summed E-state index contributed by atoms with van der Waals surface area (Å²) < 4.78 is 0.516. The van der Waals surface area contributed by atoms with Gasteiger partial charge >= 0.3 is 6.03 Å². The SMILES string of the molecule is CNC(=O)NC(=O)c1ccc(Cl)s1. The second-order valence-electron chi connectivity index (χ2n) is 2.14. The lowest BCUT2D eigenvalue weighted by atomic mass is 10.4. The number of urea groups is 1. The maximum atomic E-state index is 11.2. The molecule has 70 valence electrons. The van der Waals surface area contributed by atoms with Crippen LogP contribution in [-0.2, 0) is 0 Å². The van der Waals surface area contributed by atoms with Crippen LogP contribution in [0.1, 0.15) is 9.67 Å². The monoisotopic (exact) mass is 218 g/mol. The van der Waals surface area contributed by atoms with Crippen molar-refractivity contribution in [2.24, 2.45) is 0 Å².